The Bertz CT molecular complexity index is 1780. The van der Waals surface area contributed by atoms with Crippen molar-refractivity contribution in [2.24, 2.45) is 0 Å². The molecule has 2 aliphatic heterocycles. The third-order valence-corrected chi connectivity index (χ3v) is 6.65. The molecule has 0 bridgehead atoms. The number of ether oxygens (including phenoxy) is 2. The van der Waals surface area contributed by atoms with Crippen LogP contribution >= 0.6 is 0 Å². The van der Waals surface area contributed by atoms with Gasteiger partial charge in [-0.15, -0.1) is 0 Å². The van der Waals surface area contributed by atoms with Crippen LogP contribution in [-0.4, -0.2) is 0 Å². The van der Waals surface area contributed by atoms with Crippen molar-refractivity contribution in [1.82, 2.24) is 0 Å². The predicted molar refractivity (Wildman–Crippen MR) is 134 cm³/mol. The summed E-state index contributed by atoms with van der Waals surface area (Å²) < 4.78 is 18.7. The molecule has 8 rings (SSSR count). The minimum Gasteiger partial charge on any atom is -0.456 e. The molecular weight excluding hydrogens is 422 g/mol. The first-order chi connectivity index (χ1) is 16.8. The minimum atomic E-state index is 0.781. The maximum Gasteiger partial charge on any atom is 0.155 e. The minimum absolute atomic E-state index is 0.781. The topological polar surface area (TPSA) is 34.8 Å². The van der Waals surface area contributed by atoms with Crippen molar-refractivity contribution in [3.05, 3.63) is 103 Å². The van der Waals surface area contributed by atoms with Crippen LogP contribution in [0, 0.1) is 0 Å². The molecule has 0 saturated heterocycles. The third-order valence-electron chi connectivity index (χ3n) is 6.65. The molecule has 34 heavy (non-hydrogen) atoms. The zero-order valence-corrected chi connectivity index (χ0v) is 18.0. The molecule has 0 amide bonds. The van der Waals surface area contributed by atoms with Crippen molar-refractivity contribution in [2.45, 2.75) is 0 Å². The van der Waals surface area contributed by atoms with Crippen LogP contribution in [-0.2, 0) is 0 Å². The van der Waals surface area contributed by atoms with Gasteiger partial charge in [-0.25, -0.2) is 0 Å². The molecule has 2 aliphatic rings. The SMILES string of the molecule is c1ccc2c(c1)Oc1cccc3c1N2c1ccc(-c2cccc4oc5ccccc5c24)cc1O3. The Balaban J connectivity index is 1.36. The monoisotopic (exact) mass is 439 g/mol. The molecule has 4 heteroatoms. The van der Waals surface area contributed by atoms with Crippen molar-refractivity contribution >= 4 is 39.0 Å². The van der Waals surface area contributed by atoms with Crippen LogP contribution in [0.15, 0.2) is 108 Å². The summed E-state index contributed by atoms with van der Waals surface area (Å²) in [5.41, 5.74) is 6.91. The standard InChI is InChI=1S/C30H17NO3/c1-3-10-23-20(7-1)29-19(8-5-12-25(29)32-23)18-15-16-22-28(17-18)34-27-14-6-13-26-30(27)31(22)21-9-2-4-11-24(21)33-26/h1-17H. The highest BCUT2D eigenvalue weighted by Gasteiger charge is 2.34. The van der Waals surface area contributed by atoms with Crippen LogP contribution in [0.4, 0.5) is 17.1 Å². The van der Waals surface area contributed by atoms with Crippen molar-refractivity contribution in [3.63, 3.8) is 0 Å². The quantitative estimate of drug-likeness (QED) is 0.256. The highest BCUT2D eigenvalue weighted by atomic mass is 16.5. The van der Waals surface area contributed by atoms with Crippen molar-refractivity contribution in [1.29, 1.82) is 0 Å². The van der Waals surface area contributed by atoms with E-state index in [9.17, 15) is 0 Å². The average molecular weight is 439 g/mol. The molecule has 0 N–H and O–H groups in total. The van der Waals surface area contributed by atoms with Gasteiger partial charge in [-0.2, -0.15) is 0 Å². The van der Waals surface area contributed by atoms with Crippen molar-refractivity contribution < 1.29 is 13.9 Å². The fourth-order valence-electron chi connectivity index (χ4n) is 5.19. The fourth-order valence-corrected chi connectivity index (χ4v) is 5.19. The second kappa shape index (κ2) is 6.42. The Morgan fingerprint density at radius 2 is 1.24 bits per heavy atom. The van der Waals surface area contributed by atoms with Gasteiger partial charge >= 0.3 is 0 Å². The number of rotatable bonds is 1. The van der Waals surface area contributed by atoms with Crippen LogP contribution in [0.2, 0.25) is 0 Å². The normalized spacial score (nSPS) is 13.1. The van der Waals surface area contributed by atoms with E-state index in [1.165, 1.54) is 0 Å². The van der Waals surface area contributed by atoms with E-state index in [1.54, 1.807) is 0 Å². The fraction of sp³-hybridized carbons (Fsp3) is 0. The molecular formula is C30H17NO3. The van der Waals surface area contributed by atoms with Gasteiger partial charge in [0.05, 0.1) is 11.4 Å². The zero-order chi connectivity index (χ0) is 22.2. The van der Waals surface area contributed by atoms with Gasteiger partial charge in [0.2, 0.25) is 0 Å². The molecule has 0 atom stereocenters. The summed E-state index contributed by atoms with van der Waals surface area (Å²) >= 11 is 0. The Labute approximate surface area is 195 Å². The van der Waals surface area contributed by atoms with Crippen LogP contribution in [0.1, 0.15) is 0 Å². The van der Waals surface area contributed by atoms with E-state index in [2.05, 4.69) is 47.4 Å². The zero-order valence-electron chi connectivity index (χ0n) is 18.0. The Morgan fingerprint density at radius 1 is 0.529 bits per heavy atom. The van der Waals surface area contributed by atoms with Gasteiger partial charge in [-0.1, -0.05) is 54.6 Å². The number of para-hydroxylation sites is 4. The summed E-state index contributed by atoms with van der Waals surface area (Å²) in [6.07, 6.45) is 0. The molecule has 0 spiro atoms. The smallest absolute Gasteiger partial charge is 0.155 e. The lowest BCUT2D eigenvalue weighted by Crippen LogP contribution is -2.20. The summed E-state index contributed by atoms with van der Waals surface area (Å²) in [4.78, 5) is 2.24. The summed E-state index contributed by atoms with van der Waals surface area (Å²) in [6, 6.07) is 34.8. The number of benzene rings is 5. The first-order valence-electron chi connectivity index (χ1n) is 11.3. The Kier molecular flexibility index (Phi) is 3.36. The lowest BCUT2D eigenvalue weighted by atomic mass is 9.98. The summed E-state index contributed by atoms with van der Waals surface area (Å²) in [6.45, 7) is 0. The van der Waals surface area contributed by atoms with Gasteiger partial charge in [0, 0.05) is 10.8 Å². The second-order valence-electron chi connectivity index (χ2n) is 8.57. The van der Waals surface area contributed by atoms with E-state index in [0.717, 1.165) is 73.1 Å². The van der Waals surface area contributed by atoms with Crippen LogP contribution < -0.4 is 14.4 Å². The van der Waals surface area contributed by atoms with Crippen molar-refractivity contribution in [3.8, 4) is 34.1 Å². The van der Waals surface area contributed by atoms with E-state index < -0.39 is 0 Å². The van der Waals surface area contributed by atoms with Gasteiger partial charge in [0.15, 0.2) is 23.0 Å². The molecule has 1 aromatic heterocycles. The third kappa shape index (κ3) is 2.32. The van der Waals surface area contributed by atoms with Gasteiger partial charge in [-0.05, 0) is 59.7 Å². The summed E-state index contributed by atoms with van der Waals surface area (Å²) in [5, 5.41) is 2.23. The Hall–Kier alpha value is -4.70. The van der Waals surface area contributed by atoms with E-state index in [0.29, 0.717) is 0 Å². The molecule has 0 fully saturated rings. The molecule has 0 saturated carbocycles. The van der Waals surface area contributed by atoms with Gasteiger partial charge < -0.3 is 13.9 Å². The van der Waals surface area contributed by atoms with Gasteiger partial charge in [0.25, 0.3) is 0 Å². The second-order valence-corrected chi connectivity index (χ2v) is 8.57. The average Bonchev–Trinajstić information content (AvgIpc) is 3.27. The van der Waals surface area contributed by atoms with Crippen molar-refractivity contribution in [2.75, 3.05) is 4.90 Å². The number of nitrogens with zero attached hydrogens (tertiary/aromatic N) is 1. The molecule has 0 aliphatic carbocycles. The highest BCUT2D eigenvalue weighted by Crippen LogP contribution is 2.59. The number of anilines is 3. The largest absolute Gasteiger partial charge is 0.456 e. The first-order valence-corrected chi connectivity index (χ1v) is 11.3. The van der Waals surface area contributed by atoms with Crippen LogP contribution in [0.25, 0.3) is 33.1 Å². The first kappa shape index (κ1) is 17.8. The molecule has 4 nitrogen and oxygen atoms in total. The van der Waals surface area contributed by atoms with E-state index in [-0.39, 0.29) is 0 Å². The summed E-state index contributed by atoms with van der Waals surface area (Å²) in [7, 11) is 0. The predicted octanol–water partition coefficient (Wildman–Crippen LogP) is 8.93. The van der Waals surface area contributed by atoms with Crippen LogP contribution in [0.5, 0.6) is 23.0 Å². The van der Waals surface area contributed by atoms with E-state index in [1.807, 2.05) is 60.7 Å². The number of furan rings is 1. The maximum absolute atomic E-state index is 6.44. The molecule has 0 unspecified atom stereocenters. The highest BCUT2D eigenvalue weighted by molar-refractivity contribution is 6.12. The van der Waals surface area contributed by atoms with Gasteiger partial charge in [0.1, 0.15) is 16.9 Å². The number of hydrogen-bond donors (Lipinski definition) is 0. The molecule has 0 radical (unpaired) electrons. The molecule has 5 aromatic carbocycles. The van der Waals surface area contributed by atoms with E-state index >= 15 is 0 Å². The van der Waals surface area contributed by atoms with Crippen LogP contribution in [0.3, 0.4) is 0 Å². The number of hydrogen-bond acceptors (Lipinski definition) is 4. The molecule has 160 valence electrons. The van der Waals surface area contributed by atoms with Gasteiger partial charge in [-0.3, -0.25) is 4.90 Å². The molecule has 6 aromatic rings. The maximum atomic E-state index is 6.44. The lowest BCUT2D eigenvalue weighted by molar-refractivity contribution is 0.446. The molecule has 3 heterocycles. The Morgan fingerprint density at radius 3 is 2.18 bits per heavy atom. The lowest BCUT2D eigenvalue weighted by Gasteiger charge is -2.37. The summed E-state index contributed by atoms with van der Waals surface area (Å²) in [5.74, 6) is 3.21. The number of fused-ring (bicyclic) bond motifs is 7. The van der Waals surface area contributed by atoms with E-state index in [4.69, 9.17) is 13.9 Å².